The van der Waals surface area contributed by atoms with E-state index < -0.39 is 6.10 Å². The number of hydrogen-bond donors (Lipinski definition) is 1. The van der Waals surface area contributed by atoms with Gasteiger partial charge in [-0.3, -0.25) is 0 Å². The Morgan fingerprint density at radius 1 is 0.821 bits per heavy atom. The minimum absolute atomic E-state index is 0.674. The molecule has 0 aliphatic carbocycles. The molecule has 0 saturated heterocycles. The van der Waals surface area contributed by atoms with Gasteiger partial charge in [0.25, 0.3) is 0 Å². The normalized spacial score (nSPS) is 12.2. The fraction of sp³-hybridized carbons (Fsp3) is 0.208. The van der Waals surface area contributed by atoms with Gasteiger partial charge in [-0.15, -0.1) is 0 Å². The fourth-order valence-electron chi connectivity index (χ4n) is 3.40. The molecule has 0 fully saturated rings. The van der Waals surface area contributed by atoms with Gasteiger partial charge in [0, 0.05) is 6.54 Å². The third-order valence-corrected chi connectivity index (χ3v) is 4.83. The molecule has 0 bridgehead atoms. The van der Waals surface area contributed by atoms with E-state index in [1.807, 2.05) is 78.9 Å². The number of benzene rings is 3. The van der Waals surface area contributed by atoms with E-state index in [9.17, 15) is 5.11 Å². The van der Waals surface area contributed by atoms with Gasteiger partial charge in [0.05, 0.1) is 17.6 Å². The number of nitrogens with zero attached hydrogens (tertiary/aromatic N) is 2. The van der Waals surface area contributed by atoms with Crippen molar-refractivity contribution in [2.24, 2.45) is 0 Å². The standard InChI is InChI=1S/C24H24N2O2/c27-23(19-11-3-1-4-12-19)24-25-21-15-7-8-16-22(21)26(24)17-9-10-18-28-20-13-5-2-6-14-20/h1-8,11-16,23,27H,9-10,17-18H2. The van der Waals surface area contributed by atoms with Crippen LogP contribution in [0.15, 0.2) is 84.9 Å². The second-order valence-corrected chi connectivity index (χ2v) is 6.79. The highest BCUT2D eigenvalue weighted by atomic mass is 16.5. The summed E-state index contributed by atoms with van der Waals surface area (Å²) >= 11 is 0. The van der Waals surface area contributed by atoms with Gasteiger partial charge in [-0.1, -0.05) is 60.7 Å². The van der Waals surface area contributed by atoms with Crippen molar-refractivity contribution in [3.63, 3.8) is 0 Å². The number of hydrogen-bond acceptors (Lipinski definition) is 3. The van der Waals surface area contributed by atoms with Gasteiger partial charge < -0.3 is 14.4 Å². The van der Waals surface area contributed by atoms with E-state index in [0.717, 1.165) is 41.7 Å². The monoisotopic (exact) mass is 372 g/mol. The Bertz CT molecular complexity index is 1010. The maximum Gasteiger partial charge on any atom is 0.143 e. The first-order chi connectivity index (χ1) is 13.8. The number of para-hydroxylation sites is 3. The van der Waals surface area contributed by atoms with E-state index in [-0.39, 0.29) is 0 Å². The minimum atomic E-state index is -0.742. The van der Waals surface area contributed by atoms with Crippen LogP contribution < -0.4 is 4.74 Å². The SMILES string of the molecule is OC(c1ccccc1)c1nc2ccccc2n1CCCCOc1ccccc1. The predicted molar refractivity (Wildman–Crippen MR) is 111 cm³/mol. The first-order valence-corrected chi connectivity index (χ1v) is 9.69. The molecule has 1 heterocycles. The number of aryl methyl sites for hydroxylation is 1. The van der Waals surface area contributed by atoms with E-state index >= 15 is 0 Å². The van der Waals surface area contributed by atoms with E-state index in [1.165, 1.54) is 0 Å². The lowest BCUT2D eigenvalue weighted by Crippen LogP contribution is -2.11. The van der Waals surface area contributed by atoms with Crippen LogP contribution in [0.1, 0.15) is 30.3 Å². The van der Waals surface area contributed by atoms with Crippen LogP contribution in [0.5, 0.6) is 5.75 Å². The highest BCUT2D eigenvalue weighted by Gasteiger charge is 2.19. The Kier molecular flexibility index (Phi) is 5.69. The molecule has 4 rings (SSSR count). The summed E-state index contributed by atoms with van der Waals surface area (Å²) in [5.41, 5.74) is 2.82. The Labute approximate surface area is 165 Å². The van der Waals surface area contributed by atoms with Gasteiger partial charge in [0.15, 0.2) is 0 Å². The largest absolute Gasteiger partial charge is 0.494 e. The Morgan fingerprint density at radius 2 is 1.50 bits per heavy atom. The fourth-order valence-corrected chi connectivity index (χ4v) is 3.40. The predicted octanol–water partition coefficient (Wildman–Crippen LogP) is 4.98. The van der Waals surface area contributed by atoms with E-state index in [1.54, 1.807) is 0 Å². The molecule has 0 saturated carbocycles. The van der Waals surface area contributed by atoms with Gasteiger partial charge in [0.2, 0.25) is 0 Å². The van der Waals surface area contributed by atoms with Gasteiger partial charge in [0.1, 0.15) is 17.7 Å². The topological polar surface area (TPSA) is 47.3 Å². The van der Waals surface area contributed by atoms with Gasteiger partial charge in [-0.25, -0.2) is 4.98 Å². The minimum Gasteiger partial charge on any atom is -0.494 e. The Hall–Kier alpha value is -3.11. The number of aliphatic hydroxyl groups excluding tert-OH is 1. The molecular weight excluding hydrogens is 348 g/mol. The smallest absolute Gasteiger partial charge is 0.143 e. The first kappa shape index (κ1) is 18.3. The van der Waals surface area contributed by atoms with E-state index in [0.29, 0.717) is 12.4 Å². The van der Waals surface area contributed by atoms with Gasteiger partial charge in [-0.2, -0.15) is 0 Å². The second-order valence-electron chi connectivity index (χ2n) is 6.79. The quantitative estimate of drug-likeness (QED) is 0.444. The van der Waals surface area contributed by atoms with Crippen LogP contribution in [-0.2, 0) is 6.54 Å². The van der Waals surface area contributed by atoms with Crippen molar-refractivity contribution in [2.45, 2.75) is 25.5 Å². The summed E-state index contributed by atoms with van der Waals surface area (Å²) in [7, 11) is 0. The molecule has 0 amide bonds. The number of fused-ring (bicyclic) bond motifs is 1. The average Bonchev–Trinajstić information content (AvgIpc) is 3.13. The summed E-state index contributed by atoms with van der Waals surface area (Å²) in [5.74, 6) is 1.59. The average molecular weight is 372 g/mol. The summed E-state index contributed by atoms with van der Waals surface area (Å²) < 4.78 is 7.92. The molecule has 0 aliphatic heterocycles. The zero-order chi connectivity index (χ0) is 19.2. The van der Waals surface area contributed by atoms with Crippen LogP contribution in [0.3, 0.4) is 0 Å². The number of rotatable bonds is 8. The molecule has 4 heteroatoms. The van der Waals surface area contributed by atoms with E-state index in [4.69, 9.17) is 9.72 Å². The van der Waals surface area contributed by atoms with Gasteiger partial charge in [-0.05, 0) is 42.7 Å². The molecule has 1 aromatic heterocycles. The van der Waals surface area contributed by atoms with Crippen LogP contribution in [0.2, 0.25) is 0 Å². The van der Waals surface area contributed by atoms with Crippen molar-refractivity contribution in [3.05, 3.63) is 96.3 Å². The number of aromatic nitrogens is 2. The Morgan fingerprint density at radius 3 is 2.29 bits per heavy atom. The lowest BCUT2D eigenvalue weighted by atomic mass is 10.1. The van der Waals surface area contributed by atoms with Crippen LogP contribution in [0.25, 0.3) is 11.0 Å². The molecule has 0 spiro atoms. The van der Waals surface area contributed by atoms with Gasteiger partial charge >= 0.3 is 0 Å². The summed E-state index contributed by atoms with van der Waals surface area (Å²) in [5, 5.41) is 10.9. The summed E-state index contributed by atoms with van der Waals surface area (Å²) in [6, 6.07) is 27.6. The van der Waals surface area contributed by atoms with Crippen LogP contribution in [0.4, 0.5) is 0 Å². The number of imidazole rings is 1. The summed E-state index contributed by atoms with van der Waals surface area (Å²) in [6.07, 6.45) is 1.14. The highest BCUT2D eigenvalue weighted by molar-refractivity contribution is 5.76. The maximum absolute atomic E-state index is 10.9. The zero-order valence-corrected chi connectivity index (χ0v) is 15.7. The zero-order valence-electron chi connectivity index (χ0n) is 15.7. The third-order valence-electron chi connectivity index (χ3n) is 4.83. The van der Waals surface area contributed by atoms with Crippen molar-refractivity contribution in [1.82, 2.24) is 9.55 Å². The molecule has 4 nitrogen and oxygen atoms in total. The van der Waals surface area contributed by atoms with Crippen LogP contribution in [0, 0.1) is 0 Å². The molecule has 0 aliphatic rings. The molecule has 3 aromatic carbocycles. The van der Waals surface area contributed by atoms with Crippen molar-refractivity contribution >= 4 is 11.0 Å². The van der Waals surface area contributed by atoms with E-state index in [2.05, 4.69) is 10.6 Å². The molecule has 4 aromatic rings. The third kappa shape index (κ3) is 4.07. The second kappa shape index (κ2) is 8.72. The number of aliphatic hydroxyl groups is 1. The van der Waals surface area contributed by atoms with Crippen LogP contribution in [-0.4, -0.2) is 21.3 Å². The molecule has 142 valence electrons. The van der Waals surface area contributed by atoms with Crippen molar-refractivity contribution in [1.29, 1.82) is 0 Å². The Balaban J connectivity index is 1.47. The summed E-state index contributed by atoms with van der Waals surface area (Å²) in [4.78, 5) is 4.72. The van der Waals surface area contributed by atoms with Crippen molar-refractivity contribution in [3.8, 4) is 5.75 Å². The molecule has 1 unspecified atom stereocenters. The van der Waals surface area contributed by atoms with Crippen molar-refractivity contribution in [2.75, 3.05) is 6.61 Å². The van der Waals surface area contributed by atoms with Crippen molar-refractivity contribution < 1.29 is 9.84 Å². The number of ether oxygens (including phenoxy) is 1. The molecular formula is C24H24N2O2. The lowest BCUT2D eigenvalue weighted by Gasteiger charge is -2.14. The molecule has 0 radical (unpaired) electrons. The molecule has 28 heavy (non-hydrogen) atoms. The highest BCUT2D eigenvalue weighted by Crippen LogP contribution is 2.26. The number of unbranched alkanes of at least 4 members (excludes halogenated alkanes) is 1. The molecule has 1 N–H and O–H groups in total. The van der Waals surface area contributed by atoms with Crippen LogP contribution >= 0.6 is 0 Å². The lowest BCUT2D eigenvalue weighted by molar-refractivity contribution is 0.204. The maximum atomic E-state index is 10.9. The first-order valence-electron chi connectivity index (χ1n) is 9.69. The molecule has 1 atom stereocenters. The summed E-state index contributed by atoms with van der Waals surface area (Å²) in [6.45, 7) is 1.46.